The first-order valence-corrected chi connectivity index (χ1v) is 10.4. The first kappa shape index (κ1) is 22.4. The fourth-order valence-electron chi connectivity index (χ4n) is 2.95. The Labute approximate surface area is 182 Å². The van der Waals surface area contributed by atoms with Gasteiger partial charge in [-0.3, -0.25) is 5.10 Å². The Morgan fingerprint density at radius 2 is 2.00 bits per heavy atom. The number of amides is 1. The molecule has 1 aliphatic rings. The molecular formula is C21H31N7O3. The summed E-state index contributed by atoms with van der Waals surface area (Å²) in [6, 6.07) is 7.68. The van der Waals surface area contributed by atoms with Crippen molar-refractivity contribution in [3.63, 3.8) is 0 Å². The van der Waals surface area contributed by atoms with E-state index in [0.29, 0.717) is 37.2 Å². The molecule has 1 aromatic heterocycles. The largest absolute Gasteiger partial charge is 0.497 e. The summed E-state index contributed by atoms with van der Waals surface area (Å²) in [6.45, 7) is 9.80. The van der Waals surface area contributed by atoms with Gasteiger partial charge in [-0.25, -0.2) is 14.8 Å². The Bertz CT molecular complexity index is 896. The maximum absolute atomic E-state index is 12.1. The summed E-state index contributed by atoms with van der Waals surface area (Å²) in [6.07, 6.45) is -0.291. The highest BCUT2D eigenvalue weighted by Crippen LogP contribution is 2.19. The normalized spacial score (nSPS) is 14.7. The van der Waals surface area contributed by atoms with E-state index in [0.717, 1.165) is 17.9 Å². The van der Waals surface area contributed by atoms with E-state index >= 15 is 0 Å². The molecule has 10 nitrogen and oxygen atoms in total. The fraction of sp³-hybridized carbons (Fsp3) is 0.524. The van der Waals surface area contributed by atoms with E-state index in [4.69, 9.17) is 9.47 Å². The number of benzene rings is 1. The molecule has 168 valence electrons. The number of aromatic nitrogens is 3. The lowest BCUT2D eigenvalue weighted by Gasteiger charge is -2.40. The first-order valence-electron chi connectivity index (χ1n) is 10.4. The summed E-state index contributed by atoms with van der Waals surface area (Å²) in [7, 11) is 1.63. The van der Waals surface area contributed by atoms with Gasteiger partial charge in [0.05, 0.1) is 13.2 Å². The molecule has 1 aliphatic heterocycles. The molecule has 1 aromatic carbocycles. The number of hydrogen-bond donors (Lipinski definition) is 3. The molecule has 31 heavy (non-hydrogen) atoms. The van der Waals surface area contributed by atoms with Gasteiger partial charge in [0.2, 0.25) is 0 Å². The average molecular weight is 430 g/mol. The minimum atomic E-state index is -0.492. The smallest absolute Gasteiger partial charge is 0.410 e. The van der Waals surface area contributed by atoms with Crippen LogP contribution in [-0.4, -0.2) is 70.5 Å². The highest BCUT2D eigenvalue weighted by molar-refractivity contribution is 5.80. The van der Waals surface area contributed by atoms with Gasteiger partial charge < -0.3 is 25.0 Å². The van der Waals surface area contributed by atoms with Crippen molar-refractivity contribution in [2.24, 2.45) is 4.99 Å². The molecule has 1 amide bonds. The molecule has 0 bridgehead atoms. The van der Waals surface area contributed by atoms with E-state index in [-0.39, 0.29) is 12.1 Å². The van der Waals surface area contributed by atoms with Gasteiger partial charge in [0, 0.05) is 25.2 Å². The second-order valence-corrected chi connectivity index (χ2v) is 8.26. The highest BCUT2D eigenvalue weighted by Gasteiger charge is 2.34. The van der Waals surface area contributed by atoms with Gasteiger partial charge in [0.1, 0.15) is 23.7 Å². The van der Waals surface area contributed by atoms with E-state index in [1.807, 2.05) is 52.0 Å². The second-order valence-electron chi connectivity index (χ2n) is 8.26. The summed E-state index contributed by atoms with van der Waals surface area (Å²) in [5, 5.41) is 13.7. The van der Waals surface area contributed by atoms with Gasteiger partial charge in [0.15, 0.2) is 11.8 Å². The quantitative estimate of drug-likeness (QED) is 0.476. The van der Waals surface area contributed by atoms with E-state index < -0.39 is 5.60 Å². The lowest BCUT2D eigenvalue weighted by atomic mass is 10.1. The monoisotopic (exact) mass is 429 g/mol. The van der Waals surface area contributed by atoms with Crippen LogP contribution in [0.2, 0.25) is 0 Å². The average Bonchev–Trinajstić information content (AvgIpc) is 3.16. The van der Waals surface area contributed by atoms with E-state index in [2.05, 4.69) is 30.8 Å². The molecular weight excluding hydrogens is 398 g/mol. The number of ether oxygens (including phenoxy) is 2. The number of guanidine groups is 1. The summed E-state index contributed by atoms with van der Waals surface area (Å²) < 4.78 is 10.6. The summed E-state index contributed by atoms with van der Waals surface area (Å²) in [5.74, 6) is 2.72. The van der Waals surface area contributed by atoms with Crippen molar-refractivity contribution >= 4 is 12.1 Å². The number of rotatable bonds is 6. The second kappa shape index (κ2) is 9.67. The molecule has 0 saturated carbocycles. The summed E-state index contributed by atoms with van der Waals surface area (Å²) in [5.41, 5.74) is 0.405. The number of methoxy groups -OCH3 is 1. The minimum absolute atomic E-state index is 0.120. The van der Waals surface area contributed by atoms with Crippen LogP contribution in [0.3, 0.4) is 0 Å². The van der Waals surface area contributed by atoms with E-state index in [9.17, 15) is 4.79 Å². The van der Waals surface area contributed by atoms with Crippen LogP contribution in [0, 0.1) is 0 Å². The van der Waals surface area contributed by atoms with Gasteiger partial charge in [-0.2, -0.15) is 5.10 Å². The lowest BCUT2D eigenvalue weighted by molar-refractivity contribution is 0.00700. The number of carbonyl (C=O) groups is 1. The molecule has 1 fully saturated rings. The summed E-state index contributed by atoms with van der Waals surface area (Å²) in [4.78, 5) is 22.8. The third-order valence-electron chi connectivity index (χ3n) is 4.49. The van der Waals surface area contributed by atoms with Crippen molar-refractivity contribution in [2.75, 3.05) is 26.7 Å². The number of nitrogens with zero attached hydrogens (tertiary/aromatic N) is 4. The van der Waals surface area contributed by atoms with Gasteiger partial charge in [-0.05, 0) is 52.0 Å². The van der Waals surface area contributed by atoms with Crippen LogP contribution in [-0.2, 0) is 11.3 Å². The van der Waals surface area contributed by atoms with Gasteiger partial charge in [-0.15, -0.1) is 0 Å². The topological polar surface area (TPSA) is 117 Å². The molecule has 3 N–H and O–H groups in total. The van der Waals surface area contributed by atoms with Gasteiger partial charge in [0.25, 0.3) is 0 Å². The van der Waals surface area contributed by atoms with Crippen LogP contribution in [0.5, 0.6) is 5.75 Å². The molecule has 3 rings (SSSR count). The molecule has 10 heteroatoms. The van der Waals surface area contributed by atoms with Crippen molar-refractivity contribution < 1.29 is 14.3 Å². The zero-order chi connectivity index (χ0) is 22.4. The maximum atomic E-state index is 12.1. The molecule has 0 unspecified atom stereocenters. The molecule has 2 heterocycles. The predicted molar refractivity (Wildman–Crippen MR) is 118 cm³/mol. The number of aliphatic imine (C=N–C) groups is 1. The maximum Gasteiger partial charge on any atom is 0.410 e. The third-order valence-corrected chi connectivity index (χ3v) is 4.49. The highest BCUT2D eigenvalue weighted by atomic mass is 16.6. The minimum Gasteiger partial charge on any atom is -0.497 e. The summed E-state index contributed by atoms with van der Waals surface area (Å²) >= 11 is 0. The molecule has 2 aromatic rings. The number of aromatic amines is 1. The number of likely N-dealkylation sites (tertiary alicyclic amines) is 1. The lowest BCUT2D eigenvalue weighted by Crippen LogP contribution is -2.63. The Hall–Kier alpha value is -3.30. The number of hydrogen-bond acceptors (Lipinski definition) is 6. The van der Waals surface area contributed by atoms with Crippen LogP contribution in [0.25, 0.3) is 11.4 Å². The van der Waals surface area contributed by atoms with Crippen molar-refractivity contribution in [3.8, 4) is 17.1 Å². The van der Waals surface area contributed by atoms with Crippen molar-refractivity contribution in [2.45, 2.75) is 45.9 Å². The van der Waals surface area contributed by atoms with Gasteiger partial charge in [-0.1, -0.05) is 0 Å². The fourth-order valence-corrected chi connectivity index (χ4v) is 2.95. The number of nitrogens with one attached hydrogen (secondary N) is 3. The molecule has 0 aliphatic carbocycles. The van der Waals surface area contributed by atoms with E-state index in [1.165, 1.54) is 0 Å². The SMILES string of the molecule is CCNC(=NCc1nc(-c2ccc(OC)cc2)n[nH]1)NC1CN(C(=O)OC(C)(C)C)C1. The molecule has 0 radical (unpaired) electrons. The Balaban J connectivity index is 1.53. The standard InChI is InChI=1S/C21H31N7O3/c1-6-22-19(24-15-12-28(13-15)20(29)31-21(2,3)4)23-11-17-25-18(27-26-17)14-7-9-16(30-5)10-8-14/h7-10,15H,6,11-13H2,1-5H3,(H2,22,23,24)(H,25,26,27). The van der Waals surface area contributed by atoms with Crippen molar-refractivity contribution in [1.29, 1.82) is 0 Å². The number of carbonyl (C=O) groups excluding carboxylic acids is 1. The van der Waals surface area contributed by atoms with Crippen LogP contribution < -0.4 is 15.4 Å². The molecule has 1 saturated heterocycles. The van der Waals surface area contributed by atoms with E-state index in [1.54, 1.807) is 12.0 Å². The van der Waals surface area contributed by atoms with Crippen LogP contribution in [0.15, 0.2) is 29.3 Å². The zero-order valence-corrected chi connectivity index (χ0v) is 18.7. The van der Waals surface area contributed by atoms with Crippen molar-refractivity contribution in [3.05, 3.63) is 30.1 Å². The van der Waals surface area contributed by atoms with Crippen LogP contribution in [0.1, 0.15) is 33.5 Å². The predicted octanol–water partition coefficient (Wildman–Crippen LogP) is 2.15. The zero-order valence-electron chi connectivity index (χ0n) is 18.7. The van der Waals surface area contributed by atoms with Crippen molar-refractivity contribution in [1.82, 2.24) is 30.7 Å². The Kier molecular flexibility index (Phi) is 6.98. The van der Waals surface area contributed by atoms with Crippen LogP contribution in [0.4, 0.5) is 4.79 Å². The Morgan fingerprint density at radius 1 is 1.29 bits per heavy atom. The first-order chi connectivity index (χ1) is 14.8. The Morgan fingerprint density at radius 3 is 2.61 bits per heavy atom. The van der Waals surface area contributed by atoms with Crippen LogP contribution >= 0.6 is 0 Å². The van der Waals surface area contributed by atoms with Gasteiger partial charge >= 0.3 is 6.09 Å². The number of H-pyrrole nitrogens is 1. The molecule has 0 spiro atoms. The third kappa shape index (κ3) is 6.34. The molecule has 0 atom stereocenters.